The molecule has 6 nitrogen and oxygen atoms in total. The van der Waals surface area contributed by atoms with Crippen molar-refractivity contribution in [2.24, 2.45) is 5.92 Å². The molecular formula is C25H26N4O2S2. The summed E-state index contributed by atoms with van der Waals surface area (Å²) < 4.78 is 2.03. The monoisotopic (exact) mass is 478 g/mol. The molecule has 0 radical (unpaired) electrons. The molecule has 1 aliphatic rings. The summed E-state index contributed by atoms with van der Waals surface area (Å²) in [5.74, 6) is 0.560. The topological polar surface area (TPSA) is 66.7 Å². The minimum absolute atomic E-state index is 0.170. The number of thioether (sulfide) groups is 1. The number of benzene rings is 1. The van der Waals surface area contributed by atoms with E-state index >= 15 is 0 Å². The second kappa shape index (κ2) is 9.49. The third-order valence-electron chi connectivity index (χ3n) is 5.28. The number of hydrogen-bond donors (Lipinski definition) is 1. The molecule has 33 heavy (non-hydrogen) atoms. The second-order valence-electron chi connectivity index (χ2n) is 8.64. The van der Waals surface area contributed by atoms with E-state index in [1.807, 2.05) is 64.1 Å². The molecule has 0 aliphatic carbocycles. The van der Waals surface area contributed by atoms with E-state index in [-0.39, 0.29) is 17.4 Å². The van der Waals surface area contributed by atoms with Crippen LogP contribution in [0.25, 0.3) is 11.7 Å². The molecule has 1 aliphatic heterocycles. The summed E-state index contributed by atoms with van der Waals surface area (Å²) in [6.07, 6.45) is 3.39. The first-order chi connectivity index (χ1) is 15.7. The van der Waals surface area contributed by atoms with E-state index in [2.05, 4.69) is 5.32 Å². The van der Waals surface area contributed by atoms with E-state index in [4.69, 9.17) is 17.2 Å². The largest absolute Gasteiger partial charge is 0.365 e. The number of pyridine rings is 1. The SMILES string of the molecule is Cc1ccc(CNc2nc3ccc(C)cn3c(=O)c2/C=C2\SC(=S)N(CC(C)C)C2=O)cc1. The number of carbonyl (C=O) groups is 1. The van der Waals surface area contributed by atoms with Crippen molar-refractivity contribution in [1.29, 1.82) is 0 Å². The van der Waals surface area contributed by atoms with E-state index < -0.39 is 0 Å². The zero-order valence-electron chi connectivity index (χ0n) is 19.1. The Hall–Kier alpha value is -2.97. The van der Waals surface area contributed by atoms with Crippen molar-refractivity contribution in [2.45, 2.75) is 34.2 Å². The van der Waals surface area contributed by atoms with Crippen LogP contribution in [-0.2, 0) is 11.3 Å². The van der Waals surface area contributed by atoms with Crippen molar-refractivity contribution in [3.8, 4) is 0 Å². The van der Waals surface area contributed by atoms with Crippen molar-refractivity contribution >= 4 is 51.7 Å². The van der Waals surface area contributed by atoms with Crippen molar-refractivity contribution in [1.82, 2.24) is 14.3 Å². The van der Waals surface area contributed by atoms with Crippen molar-refractivity contribution in [3.63, 3.8) is 0 Å². The molecule has 170 valence electrons. The van der Waals surface area contributed by atoms with Gasteiger partial charge in [0.1, 0.15) is 15.8 Å². The number of aromatic nitrogens is 2. The van der Waals surface area contributed by atoms with Crippen LogP contribution in [0.4, 0.5) is 5.82 Å². The maximum Gasteiger partial charge on any atom is 0.267 e. The number of nitrogens with one attached hydrogen (secondary N) is 1. The van der Waals surface area contributed by atoms with Gasteiger partial charge < -0.3 is 5.32 Å². The fraction of sp³-hybridized carbons (Fsp3) is 0.280. The first-order valence-electron chi connectivity index (χ1n) is 10.8. The molecule has 0 spiro atoms. The Kier molecular flexibility index (Phi) is 6.67. The standard InChI is InChI=1S/C25H26N4O2S2/c1-15(2)13-29-24(31)20(33-25(29)32)11-19-22(26-12-18-8-5-16(3)6-9-18)27-21-10-7-17(4)14-28(21)23(19)30/h5-11,14-15,26H,12-13H2,1-4H3/b20-11-. The number of fused-ring (bicyclic) bond motifs is 1. The number of aryl methyl sites for hydroxylation is 2. The predicted molar refractivity (Wildman–Crippen MR) is 139 cm³/mol. The Balaban J connectivity index is 1.77. The fourth-order valence-corrected chi connectivity index (χ4v) is 4.83. The number of hydrogen-bond acceptors (Lipinski definition) is 6. The Morgan fingerprint density at radius 1 is 1.09 bits per heavy atom. The number of thiocarbonyl (C=S) groups is 1. The van der Waals surface area contributed by atoms with Crippen LogP contribution in [0.2, 0.25) is 0 Å². The molecule has 8 heteroatoms. The first kappa shape index (κ1) is 23.2. The van der Waals surface area contributed by atoms with Crippen molar-refractivity contribution in [3.05, 3.63) is 80.1 Å². The van der Waals surface area contributed by atoms with Crippen LogP contribution >= 0.6 is 24.0 Å². The average Bonchev–Trinajstić information content (AvgIpc) is 3.03. The second-order valence-corrected chi connectivity index (χ2v) is 10.3. The van der Waals surface area contributed by atoms with Crippen molar-refractivity contribution in [2.75, 3.05) is 11.9 Å². The van der Waals surface area contributed by atoms with E-state index in [0.29, 0.717) is 39.3 Å². The van der Waals surface area contributed by atoms with Crippen molar-refractivity contribution < 1.29 is 4.79 Å². The van der Waals surface area contributed by atoms with Crippen LogP contribution in [0.15, 0.2) is 52.3 Å². The first-order valence-corrected chi connectivity index (χ1v) is 12.0. The van der Waals surface area contributed by atoms with Crippen LogP contribution < -0.4 is 10.9 Å². The van der Waals surface area contributed by atoms with Gasteiger partial charge in [-0.05, 0) is 43.0 Å². The van der Waals surface area contributed by atoms with Gasteiger partial charge in [0, 0.05) is 19.3 Å². The van der Waals surface area contributed by atoms with E-state index in [9.17, 15) is 9.59 Å². The van der Waals surface area contributed by atoms with Gasteiger partial charge in [0.15, 0.2) is 0 Å². The molecule has 2 aromatic heterocycles. The quantitative estimate of drug-likeness (QED) is 0.406. The van der Waals surface area contributed by atoms with E-state index in [0.717, 1.165) is 11.1 Å². The highest BCUT2D eigenvalue weighted by molar-refractivity contribution is 8.26. The van der Waals surface area contributed by atoms with E-state index in [1.165, 1.54) is 21.7 Å². The lowest BCUT2D eigenvalue weighted by molar-refractivity contribution is -0.122. The van der Waals surface area contributed by atoms with E-state index in [1.54, 1.807) is 17.2 Å². The lowest BCUT2D eigenvalue weighted by atomic mass is 10.1. The number of nitrogens with zero attached hydrogens (tertiary/aromatic N) is 3. The molecule has 1 N–H and O–H groups in total. The van der Waals surface area contributed by atoms with Crippen LogP contribution in [0.3, 0.4) is 0 Å². The molecule has 4 rings (SSSR count). The maximum atomic E-state index is 13.5. The highest BCUT2D eigenvalue weighted by Gasteiger charge is 2.32. The lowest BCUT2D eigenvalue weighted by Gasteiger charge is -2.16. The molecule has 3 aromatic rings. The summed E-state index contributed by atoms with van der Waals surface area (Å²) in [5, 5.41) is 3.30. The molecule has 0 atom stereocenters. The molecule has 3 heterocycles. The molecule has 0 saturated carbocycles. The summed E-state index contributed by atoms with van der Waals surface area (Å²) in [6, 6.07) is 11.9. The highest BCUT2D eigenvalue weighted by atomic mass is 32.2. The van der Waals surface area contributed by atoms with Gasteiger partial charge in [-0.15, -0.1) is 0 Å². The Morgan fingerprint density at radius 3 is 2.48 bits per heavy atom. The summed E-state index contributed by atoms with van der Waals surface area (Å²) in [7, 11) is 0. The zero-order chi connectivity index (χ0) is 23.7. The molecule has 1 fully saturated rings. The number of anilines is 1. The van der Waals surface area contributed by atoms with Crippen LogP contribution in [0.1, 0.15) is 36.1 Å². The lowest BCUT2D eigenvalue weighted by Crippen LogP contribution is -2.31. The highest BCUT2D eigenvalue weighted by Crippen LogP contribution is 2.33. The number of amides is 1. The van der Waals surface area contributed by atoms with Gasteiger partial charge in [0.25, 0.3) is 11.5 Å². The summed E-state index contributed by atoms with van der Waals surface area (Å²) >= 11 is 6.65. The van der Waals surface area contributed by atoms with Gasteiger partial charge in [-0.2, -0.15) is 0 Å². The summed E-state index contributed by atoms with van der Waals surface area (Å²) in [6.45, 7) is 9.10. The molecule has 0 bridgehead atoms. The molecule has 1 aromatic carbocycles. The summed E-state index contributed by atoms with van der Waals surface area (Å²) in [4.78, 5) is 33.2. The number of rotatable bonds is 6. The van der Waals surface area contributed by atoms with Crippen LogP contribution in [0, 0.1) is 19.8 Å². The van der Waals surface area contributed by atoms with Gasteiger partial charge in [-0.25, -0.2) is 4.98 Å². The predicted octanol–water partition coefficient (Wildman–Crippen LogP) is 4.78. The van der Waals surface area contributed by atoms with Gasteiger partial charge in [0.05, 0.1) is 10.5 Å². The Morgan fingerprint density at radius 2 is 1.79 bits per heavy atom. The summed E-state index contributed by atoms with van der Waals surface area (Å²) in [5.41, 5.74) is 3.85. The van der Waals surface area contributed by atoms with Gasteiger partial charge in [-0.1, -0.05) is 73.7 Å². The Bertz CT molecular complexity index is 1330. The van der Waals surface area contributed by atoms with Gasteiger partial charge in [-0.3, -0.25) is 18.9 Å². The molecule has 1 amide bonds. The zero-order valence-corrected chi connectivity index (χ0v) is 20.7. The minimum atomic E-state index is -0.232. The van der Waals surface area contributed by atoms with Crippen LogP contribution in [0.5, 0.6) is 0 Å². The van der Waals surface area contributed by atoms with Gasteiger partial charge in [0.2, 0.25) is 0 Å². The maximum absolute atomic E-state index is 13.5. The Labute approximate surface area is 202 Å². The number of carbonyl (C=O) groups excluding carboxylic acids is 1. The fourth-order valence-electron chi connectivity index (χ4n) is 3.57. The minimum Gasteiger partial charge on any atom is -0.365 e. The van der Waals surface area contributed by atoms with Crippen LogP contribution in [-0.4, -0.2) is 31.1 Å². The molecule has 1 saturated heterocycles. The molecular weight excluding hydrogens is 452 g/mol. The smallest absolute Gasteiger partial charge is 0.267 e. The normalized spacial score (nSPS) is 15.3. The van der Waals surface area contributed by atoms with Gasteiger partial charge >= 0.3 is 0 Å². The molecule has 0 unspecified atom stereocenters. The third kappa shape index (κ3) is 5.02. The average molecular weight is 479 g/mol. The third-order valence-corrected chi connectivity index (χ3v) is 6.66.